The first-order valence-electron chi connectivity index (χ1n) is 9.30. The van der Waals surface area contributed by atoms with Crippen LogP contribution in [0.3, 0.4) is 0 Å². The summed E-state index contributed by atoms with van der Waals surface area (Å²) >= 11 is 0. The maximum Gasteiger partial charge on any atom is 0.270 e. The summed E-state index contributed by atoms with van der Waals surface area (Å²) in [6, 6.07) is 1.93. The second-order valence-corrected chi connectivity index (χ2v) is 7.23. The summed E-state index contributed by atoms with van der Waals surface area (Å²) in [5.74, 6) is 0.586. The summed E-state index contributed by atoms with van der Waals surface area (Å²) in [5, 5.41) is 11.7. The van der Waals surface area contributed by atoms with Crippen LogP contribution in [0, 0.1) is 13.8 Å². The van der Waals surface area contributed by atoms with Gasteiger partial charge in [-0.2, -0.15) is 10.2 Å². The van der Waals surface area contributed by atoms with Crippen LogP contribution in [0.1, 0.15) is 28.2 Å². The molecule has 3 aromatic heterocycles. The lowest BCUT2D eigenvalue weighted by Crippen LogP contribution is -2.38. The van der Waals surface area contributed by atoms with Crippen LogP contribution >= 0.6 is 0 Å². The van der Waals surface area contributed by atoms with Crippen molar-refractivity contribution in [1.29, 1.82) is 0 Å². The van der Waals surface area contributed by atoms with Gasteiger partial charge in [-0.3, -0.25) is 14.2 Å². The van der Waals surface area contributed by atoms with E-state index in [9.17, 15) is 4.79 Å². The van der Waals surface area contributed by atoms with Gasteiger partial charge in [0.15, 0.2) is 0 Å². The number of rotatable bonds is 4. The van der Waals surface area contributed by atoms with Gasteiger partial charge in [-0.05, 0) is 26.3 Å². The topological polar surface area (TPSA) is 93.8 Å². The molecule has 1 aliphatic heterocycles. The summed E-state index contributed by atoms with van der Waals surface area (Å²) in [6.45, 7) is 5.31. The molecule has 9 nitrogen and oxygen atoms in total. The predicted molar refractivity (Wildman–Crippen MR) is 105 cm³/mol. The van der Waals surface area contributed by atoms with Crippen molar-refractivity contribution in [1.82, 2.24) is 34.8 Å². The molecule has 28 heavy (non-hydrogen) atoms. The Labute approximate surface area is 163 Å². The number of carbonyl (C=O) groups excluding carboxylic acids is 1. The van der Waals surface area contributed by atoms with E-state index in [4.69, 9.17) is 0 Å². The second kappa shape index (κ2) is 7.06. The fraction of sp³-hybridized carbons (Fsp3) is 0.421. The summed E-state index contributed by atoms with van der Waals surface area (Å²) < 4.78 is 3.40. The molecule has 3 aromatic rings. The average molecular weight is 380 g/mol. The molecule has 0 bridgehead atoms. The molecule has 1 atom stereocenters. The van der Waals surface area contributed by atoms with Crippen molar-refractivity contribution in [2.45, 2.75) is 26.3 Å². The highest BCUT2D eigenvalue weighted by atomic mass is 16.2. The summed E-state index contributed by atoms with van der Waals surface area (Å²) in [7, 11) is 3.68. The molecule has 0 spiro atoms. The third-order valence-corrected chi connectivity index (χ3v) is 5.19. The van der Waals surface area contributed by atoms with Crippen molar-refractivity contribution in [3.05, 3.63) is 41.6 Å². The highest BCUT2D eigenvalue weighted by Gasteiger charge is 2.28. The Morgan fingerprint density at radius 3 is 2.79 bits per heavy atom. The Hall–Kier alpha value is -3.23. The monoisotopic (exact) mass is 380 g/mol. The van der Waals surface area contributed by atoms with Crippen LogP contribution in [0.4, 0.5) is 5.95 Å². The largest absolute Gasteiger partial charge is 0.346 e. The summed E-state index contributed by atoms with van der Waals surface area (Å²) in [4.78, 5) is 23.9. The minimum atomic E-state index is -0.0857. The molecule has 1 unspecified atom stereocenters. The zero-order valence-electron chi connectivity index (χ0n) is 16.5. The van der Waals surface area contributed by atoms with Gasteiger partial charge in [0, 0.05) is 56.7 Å². The standard InChI is InChI=1S/C19H24N8O/c1-12-13(2)24-26(4)17(12)18(28)22-15-6-8-27(11-15)19-20-7-5-16(23-19)14-9-21-25(3)10-14/h5,7,9-10,15H,6,8,11H2,1-4H3,(H,22,28). The number of nitrogens with one attached hydrogen (secondary N) is 1. The van der Waals surface area contributed by atoms with Gasteiger partial charge in [-0.25, -0.2) is 9.97 Å². The molecule has 0 aliphatic carbocycles. The number of hydrogen-bond donors (Lipinski definition) is 1. The van der Waals surface area contributed by atoms with E-state index in [0.717, 1.165) is 35.5 Å². The van der Waals surface area contributed by atoms with Gasteiger partial charge in [0.05, 0.1) is 17.6 Å². The SMILES string of the molecule is Cc1nn(C)c(C(=O)NC2CCN(c3nccc(-c4cnn(C)c4)n3)C2)c1C. The van der Waals surface area contributed by atoms with Gasteiger partial charge in [-0.15, -0.1) is 0 Å². The lowest BCUT2D eigenvalue weighted by Gasteiger charge is -2.17. The molecule has 0 radical (unpaired) electrons. The summed E-state index contributed by atoms with van der Waals surface area (Å²) in [5.41, 5.74) is 4.21. The third-order valence-electron chi connectivity index (χ3n) is 5.19. The van der Waals surface area contributed by atoms with E-state index in [1.54, 1.807) is 28.8 Å². The van der Waals surface area contributed by atoms with Crippen LogP contribution in [0.2, 0.25) is 0 Å². The molecule has 4 rings (SSSR count). The van der Waals surface area contributed by atoms with Gasteiger partial charge in [0.2, 0.25) is 5.95 Å². The Morgan fingerprint density at radius 1 is 1.29 bits per heavy atom. The molecule has 4 heterocycles. The molecule has 1 saturated heterocycles. The van der Waals surface area contributed by atoms with Crippen molar-refractivity contribution in [2.24, 2.45) is 14.1 Å². The van der Waals surface area contributed by atoms with E-state index in [2.05, 4.69) is 30.4 Å². The fourth-order valence-corrected chi connectivity index (χ4v) is 3.61. The zero-order chi connectivity index (χ0) is 19.8. The van der Waals surface area contributed by atoms with E-state index in [1.807, 2.05) is 33.2 Å². The second-order valence-electron chi connectivity index (χ2n) is 7.23. The van der Waals surface area contributed by atoms with E-state index in [1.165, 1.54) is 0 Å². The average Bonchev–Trinajstić information content (AvgIpc) is 3.36. The maximum atomic E-state index is 12.7. The minimum Gasteiger partial charge on any atom is -0.346 e. The molecular formula is C19H24N8O. The number of aromatic nitrogens is 6. The Morgan fingerprint density at radius 2 is 2.11 bits per heavy atom. The first-order valence-corrected chi connectivity index (χ1v) is 9.30. The number of amides is 1. The van der Waals surface area contributed by atoms with E-state index in [-0.39, 0.29) is 11.9 Å². The van der Waals surface area contributed by atoms with Crippen molar-refractivity contribution in [3.63, 3.8) is 0 Å². The number of carbonyl (C=O) groups is 1. The highest BCUT2D eigenvalue weighted by molar-refractivity contribution is 5.94. The molecule has 1 fully saturated rings. The zero-order valence-corrected chi connectivity index (χ0v) is 16.5. The van der Waals surface area contributed by atoms with Gasteiger partial charge >= 0.3 is 0 Å². The lowest BCUT2D eigenvalue weighted by molar-refractivity contribution is 0.0930. The summed E-state index contributed by atoms with van der Waals surface area (Å²) in [6.07, 6.45) is 6.33. The van der Waals surface area contributed by atoms with E-state index < -0.39 is 0 Å². The predicted octanol–water partition coefficient (Wildman–Crippen LogP) is 1.24. The van der Waals surface area contributed by atoms with Crippen molar-refractivity contribution in [2.75, 3.05) is 18.0 Å². The van der Waals surface area contributed by atoms with Crippen LogP contribution < -0.4 is 10.2 Å². The van der Waals surface area contributed by atoms with Crippen molar-refractivity contribution < 1.29 is 4.79 Å². The van der Waals surface area contributed by atoms with Crippen molar-refractivity contribution in [3.8, 4) is 11.3 Å². The van der Waals surface area contributed by atoms with E-state index in [0.29, 0.717) is 18.2 Å². The Bertz CT molecular complexity index is 1020. The normalized spacial score (nSPS) is 16.6. The van der Waals surface area contributed by atoms with Crippen LogP contribution in [-0.2, 0) is 14.1 Å². The molecule has 0 saturated carbocycles. The number of nitrogens with zero attached hydrogens (tertiary/aromatic N) is 7. The number of anilines is 1. The molecule has 1 amide bonds. The first-order chi connectivity index (χ1) is 13.4. The fourth-order valence-electron chi connectivity index (χ4n) is 3.61. The van der Waals surface area contributed by atoms with Gasteiger partial charge in [-0.1, -0.05) is 0 Å². The van der Waals surface area contributed by atoms with Crippen LogP contribution in [-0.4, -0.2) is 54.6 Å². The highest BCUT2D eigenvalue weighted by Crippen LogP contribution is 2.21. The van der Waals surface area contributed by atoms with Gasteiger partial charge < -0.3 is 10.2 Å². The van der Waals surface area contributed by atoms with Gasteiger partial charge in [0.1, 0.15) is 5.69 Å². The number of aryl methyl sites for hydroxylation is 3. The molecule has 9 heteroatoms. The Kier molecular flexibility index (Phi) is 4.58. The molecule has 146 valence electrons. The van der Waals surface area contributed by atoms with E-state index >= 15 is 0 Å². The quantitative estimate of drug-likeness (QED) is 0.732. The van der Waals surface area contributed by atoms with Crippen molar-refractivity contribution >= 4 is 11.9 Å². The van der Waals surface area contributed by atoms with Crippen LogP contribution in [0.15, 0.2) is 24.7 Å². The lowest BCUT2D eigenvalue weighted by atomic mass is 10.2. The molecular weight excluding hydrogens is 356 g/mol. The maximum absolute atomic E-state index is 12.7. The first kappa shape index (κ1) is 18.1. The third kappa shape index (κ3) is 3.35. The Balaban J connectivity index is 1.45. The smallest absolute Gasteiger partial charge is 0.270 e. The number of hydrogen-bond acceptors (Lipinski definition) is 6. The molecule has 1 N–H and O–H groups in total. The molecule has 0 aromatic carbocycles. The van der Waals surface area contributed by atoms with Crippen LogP contribution in [0.25, 0.3) is 11.3 Å². The minimum absolute atomic E-state index is 0.0488. The van der Waals surface area contributed by atoms with Crippen LogP contribution in [0.5, 0.6) is 0 Å². The van der Waals surface area contributed by atoms with Gasteiger partial charge in [0.25, 0.3) is 5.91 Å². The molecule has 1 aliphatic rings.